The summed E-state index contributed by atoms with van der Waals surface area (Å²) in [5, 5.41) is 9.07. The molecule has 0 bridgehead atoms. The number of aliphatic carboxylic acids is 1. The maximum Gasteiger partial charge on any atom is 0.415 e. The predicted molar refractivity (Wildman–Crippen MR) is 82.4 cm³/mol. The van der Waals surface area contributed by atoms with E-state index in [4.69, 9.17) is 9.84 Å². The lowest BCUT2D eigenvalue weighted by Crippen LogP contribution is -2.45. The van der Waals surface area contributed by atoms with Crippen molar-refractivity contribution in [3.63, 3.8) is 0 Å². The molecule has 2 aromatic rings. The number of carbonyl (C=O) groups excluding carboxylic acids is 1. The summed E-state index contributed by atoms with van der Waals surface area (Å²) in [5.74, 6) is -13.5. The maximum absolute atomic E-state index is 14.0. The number of carboxylic acid groups (broad SMARTS) is 1. The molecule has 1 amide bonds. The highest BCUT2D eigenvalue weighted by Gasteiger charge is 2.37. The molecular formula is C17H12F5NO4. The van der Waals surface area contributed by atoms with Gasteiger partial charge in [-0.15, -0.1) is 0 Å². The molecule has 1 N–H and O–H groups in total. The number of carbonyl (C=O) groups is 2. The van der Waals surface area contributed by atoms with Gasteiger partial charge in [-0.3, -0.25) is 4.90 Å². The Labute approximate surface area is 149 Å². The first-order valence-corrected chi connectivity index (χ1v) is 7.41. The third kappa shape index (κ3) is 3.99. The Kier molecular flexibility index (Phi) is 5.98. The van der Waals surface area contributed by atoms with Crippen LogP contribution in [0.1, 0.15) is 12.5 Å². The van der Waals surface area contributed by atoms with E-state index in [9.17, 15) is 31.5 Å². The third-order valence-electron chi connectivity index (χ3n) is 3.57. The van der Waals surface area contributed by atoms with E-state index in [1.165, 1.54) is 12.1 Å². The number of anilines is 1. The number of halogens is 5. The first-order valence-electron chi connectivity index (χ1n) is 7.41. The summed E-state index contributed by atoms with van der Waals surface area (Å²) in [6.07, 6.45) is -1.60. The number of rotatable bonds is 5. The molecule has 0 aliphatic heterocycles. The lowest BCUT2D eigenvalue weighted by Gasteiger charge is -2.26. The summed E-state index contributed by atoms with van der Waals surface area (Å²) in [6.45, 7) is 0.405. The molecule has 0 saturated carbocycles. The summed E-state index contributed by atoms with van der Waals surface area (Å²) in [6, 6.07) is 5.96. The zero-order valence-electron chi connectivity index (χ0n) is 13.7. The largest absolute Gasteiger partial charge is 0.480 e. The second kappa shape index (κ2) is 8.02. The zero-order valence-corrected chi connectivity index (χ0v) is 13.7. The molecule has 144 valence electrons. The highest BCUT2D eigenvalue weighted by molar-refractivity contribution is 5.95. The average Bonchev–Trinajstić information content (AvgIpc) is 2.66. The van der Waals surface area contributed by atoms with Crippen molar-refractivity contribution in [2.75, 3.05) is 4.90 Å². The molecule has 1 atom stereocenters. The third-order valence-corrected chi connectivity index (χ3v) is 3.57. The van der Waals surface area contributed by atoms with Gasteiger partial charge in [0.25, 0.3) is 0 Å². The van der Waals surface area contributed by atoms with E-state index in [0.29, 0.717) is 5.56 Å². The summed E-state index contributed by atoms with van der Waals surface area (Å²) in [7, 11) is 0. The van der Waals surface area contributed by atoms with Crippen molar-refractivity contribution in [3.8, 4) is 0 Å². The number of ether oxygens (including phenoxy) is 1. The van der Waals surface area contributed by atoms with Crippen LogP contribution in [-0.4, -0.2) is 23.2 Å². The van der Waals surface area contributed by atoms with Crippen LogP contribution in [-0.2, 0) is 16.1 Å². The van der Waals surface area contributed by atoms with Gasteiger partial charge in [0.15, 0.2) is 23.3 Å². The van der Waals surface area contributed by atoms with E-state index >= 15 is 0 Å². The van der Waals surface area contributed by atoms with Crippen LogP contribution < -0.4 is 4.90 Å². The second-order valence-corrected chi connectivity index (χ2v) is 5.34. The number of amides is 1. The monoisotopic (exact) mass is 389 g/mol. The van der Waals surface area contributed by atoms with Crippen molar-refractivity contribution >= 4 is 17.7 Å². The zero-order chi connectivity index (χ0) is 20.3. The molecule has 0 aliphatic rings. The summed E-state index contributed by atoms with van der Waals surface area (Å²) >= 11 is 0. The van der Waals surface area contributed by atoms with Crippen molar-refractivity contribution < 1.29 is 41.4 Å². The predicted octanol–water partition coefficient (Wildman–Crippen LogP) is 4.00. The molecule has 1 unspecified atom stereocenters. The highest BCUT2D eigenvalue weighted by Crippen LogP contribution is 2.32. The molecule has 0 spiro atoms. The van der Waals surface area contributed by atoms with Gasteiger partial charge in [-0.2, -0.15) is 0 Å². The number of benzene rings is 2. The van der Waals surface area contributed by atoms with Gasteiger partial charge in [-0.05, 0) is 12.5 Å². The summed E-state index contributed by atoms with van der Waals surface area (Å²) < 4.78 is 73.0. The van der Waals surface area contributed by atoms with Crippen LogP contribution in [0.25, 0.3) is 0 Å². The highest BCUT2D eigenvalue weighted by atomic mass is 19.2. The van der Waals surface area contributed by atoms with E-state index in [1.807, 2.05) is 0 Å². The van der Waals surface area contributed by atoms with Crippen molar-refractivity contribution in [2.45, 2.75) is 19.6 Å². The Morgan fingerprint density at radius 1 is 0.963 bits per heavy atom. The van der Waals surface area contributed by atoms with Gasteiger partial charge in [-0.25, -0.2) is 31.5 Å². The number of carboxylic acids is 1. The summed E-state index contributed by atoms with van der Waals surface area (Å²) in [5.41, 5.74) is -1.26. The SMILES string of the molecule is CC(C(=O)O)N(C(=O)OCc1ccccc1)c1c(F)c(F)c(F)c(F)c1F. The molecular weight excluding hydrogens is 377 g/mol. The fourth-order valence-corrected chi connectivity index (χ4v) is 2.15. The minimum atomic E-state index is -2.44. The molecule has 5 nitrogen and oxygen atoms in total. The minimum absolute atomic E-state index is 0.137. The van der Waals surface area contributed by atoms with E-state index in [1.54, 1.807) is 18.2 Å². The topological polar surface area (TPSA) is 66.8 Å². The number of hydrogen-bond donors (Lipinski definition) is 1. The molecule has 27 heavy (non-hydrogen) atoms. The Morgan fingerprint density at radius 2 is 1.44 bits per heavy atom. The first kappa shape index (κ1) is 20.1. The van der Waals surface area contributed by atoms with E-state index in [-0.39, 0.29) is 4.90 Å². The van der Waals surface area contributed by atoms with Gasteiger partial charge in [0.05, 0.1) is 0 Å². The van der Waals surface area contributed by atoms with Gasteiger partial charge in [0.1, 0.15) is 18.3 Å². The lowest BCUT2D eigenvalue weighted by atomic mass is 10.2. The van der Waals surface area contributed by atoms with E-state index in [2.05, 4.69) is 0 Å². The van der Waals surface area contributed by atoms with Crippen LogP contribution in [0.5, 0.6) is 0 Å². The molecule has 2 aromatic carbocycles. The van der Waals surface area contributed by atoms with Gasteiger partial charge in [0.2, 0.25) is 5.82 Å². The molecule has 2 rings (SSSR count). The molecule has 0 radical (unpaired) electrons. The minimum Gasteiger partial charge on any atom is -0.480 e. The molecule has 0 aliphatic carbocycles. The van der Waals surface area contributed by atoms with Crippen molar-refractivity contribution in [1.29, 1.82) is 0 Å². The smallest absolute Gasteiger partial charge is 0.415 e. The molecule has 10 heteroatoms. The molecule has 0 aromatic heterocycles. The molecule has 0 fully saturated rings. The average molecular weight is 389 g/mol. The van der Waals surface area contributed by atoms with Gasteiger partial charge < -0.3 is 9.84 Å². The van der Waals surface area contributed by atoms with Gasteiger partial charge >= 0.3 is 12.1 Å². The van der Waals surface area contributed by atoms with Crippen molar-refractivity contribution in [2.24, 2.45) is 0 Å². The van der Waals surface area contributed by atoms with Crippen molar-refractivity contribution in [3.05, 3.63) is 65.0 Å². The van der Waals surface area contributed by atoms with Crippen LogP contribution in [0.15, 0.2) is 30.3 Å². The second-order valence-electron chi connectivity index (χ2n) is 5.34. The van der Waals surface area contributed by atoms with Crippen molar-refractivity contribution in [1.82, 2.24) is 0 Å². The number of hydrogen-bond acceptors (Lipinski definition) is 3. The van der Waals surface area contributed by atoms with E-state index in [0.717, 1.165) is 6.92 Å². The number of nitrogens with zero attached hydrogens (tertiary/aromatic N) is 1. The van der Waals surface area contributed by atoms with E-state index < -0.39 is 59.5 Å². The first-order chi connectivity index (χ1) is 12.7. The molecule has 0 saturated heterocycles. The molecule has 0 heterocycles. The fourth-order valence-electron chi connectivity index (χ4n) is 2.15. The van der Waals surface area contributed by atoms with Crippen LogP contribution >= 0.6 is 0 Å². The standard InChI is InChI=1S/C17H12F5NO4/c1-8(16(24)25)23(17(26)27-7-9-5-3-2-4-6-9)15-13(21)11(19)10(18)12(20)14(15)22/h2-6,8H,7H2,1H3,(H,24,25). The quantitative estimate of drug-likeness (QED) is 0.477. The fraction of sp³-hybridized carbons (Fsp3) is 0.176. The Morgan fingerprint density at radius 3 is 1.93 bits per heavy atom. The van der Waals surface area contributed by atoms with Crippen LogP contribution in [0.4, 0.5) is 32.4 Å². The maximum atomic E-state index is 14.0. The Balaban J connectivity index is 2.47. The van der Waals surface area contributed by atoms with Crippen LogP contribution in [0, 0.1) is 29.1 Å². The Bertz CT molecular complexity index is 846. The van der Waals surface area contributed by atoms with Gasteiger partial charge in [0, 0.05) is 0 Å². The van der Waals surface area contributed by atoms with Gasteiger partial charge in [-0.1, -0.05) is 30.3 Å². The normalized spacial score (nSPS) is 11.8. The lowest BCUT2D eigenvalue weighted by molar-refractivity contribution is -0.138. The van der Waals surface area contributed by atoms with Crippen LogP contribution in [0.2, 0.25) is 0 Å². The summed E-state index contributed by atoms with van der Waals surface area (Å²) in [4.78, 5) is 23.3. The van der Waals surface area contributed by atoms with Crippen LogP contribution in [0.3, 0.4) is 0 Å². The Hall–Kier alpha value is -3.17.